The van der Waals surface area contributed by atoms with Crippen LogP contribution in [-0.2, 0) is 12.8 Å². The number of imidazole rings is 1. The van der Waals surface area contributed by atoms with Gasteiger partial charge in [-0.1, -0.05) is 6.07 Å². The lowest BCUT2D eigenvalue weighted by Gasteiger charge is -2.12. The Hall–Kier alpha value is -4.07. The average Bonchev–Trinajstić information content (AvgIpc) is 3.41. The van der Waals surface area contributed by atoms with Crippen LogP contribution in [0, 0.1) is 0 Å². The molecule has 0 unspecified atom stereocenters. The molecule has 0 aliphatic heterocycles. The van der Waals surface area contributed by atoms with Crippen molar-refractivity contribution < 1.29 is 0 Å². The van der Waals surface area contributed by atoms with E-state index in [1.54, 1.807) is 19.5 Å². The molecule has 0 spiro atoms. The van der Waals surface area contributed by atoms with Gasteiger partial charge in [0.25, 0.3) is 0 Å². The predicted molar refractivity (Wildman–Crippen MR) is 124 cm³/mol. The summed E-state index contributed by atoms with van der Waals surface area (Å²) in [6.45, 7) is 0. The molecule has 0 saturated heterocycles. The van der Waals surface area contributed by atoms with Gasteiger partial charge >= 0.3 is 0 Å². The monoisotopic (exact) mass is 410 g/mol. The van der Waals surface area contributed by atoms with Crippen LogP contribution in [0.5, 0.6) is 0 Å². The summed E-state index contributed by atoms with van der Waals surface area (Å²) in [6, 6.07) is 14.1. The number of aliphatic imine (C=N–C) groups is 1. The van der Waals surface area contributed by atoms with E-state index in [1.165, 1.54) is 17.5 Å². The number of nitrogens with zero attached hydrogens (tertiary/aromatic N) is 6. The van der Waals surface area contributed by atoms with Gasteiger partial charge < -0.3 is 11.6 Å². The molecule has 4 aromatic rings. The first-order valence-corrected chi connectivity index (χ1v) is 10.1. The van der Waals surface area contributed by atoms with Crippen molar-refractivity contribution in [2.45, 2.75) is 19.3 Å². The quantitative estimate of drug-likeness (QED) is 0.304. The highest BCUT2D eigenvalue weighted by atomic mass is 15.2. The first-order chi connectivity index (χ1) is 15.2. The van der Waals surface area contributed by atoms with Gasteiger partial charge in [0.2, 0.25) is 0 Å². The summed E-state index contributed by atoms with van der Waals surface area (Å²) >= 11 is 0. The van der Waals surface area contributed by atoms with Crippen molar-refractivity contribution in [1.29, 1.82) is 0 Å². The first kappa shape index (κ1) is 18.9. The largest absolute Gasteiger partial charge is 0.383 e. The number of benzene rings is 1. The molecule has 8 nitrogen and oxygen atoms in total. The fraction of sp³-hybridized carbons (Fsp3) is 0.174. The van der Waals surface area contributed by atoms with Crippen molar-refractivity contribution in [3.8, 4) is 17.1 Å². The van der Waals surface area contributed by atoms with Crippen LogP contribution in [0.3, 0.4) is 0 Å². The molecule has 0 saturated carbocycles. The molecule has 0 radical (unpaired) electrons. The summed E-state index contributed by atoms with van der Waals surface area (Å²) in [5.41, 5.74) is 13.3. The van der Waals surface area contributed by atoms with Crippen molar-refractivity contribution in [2.75, 3.05) is 12.8 Å². The number of nitrogen functional groups attached to an aromatic ring is 1. The maximum absolute atomic E-state index is 6.21. The number of aromatic nitrogens is 4. The topological polar surface area (TPSA) is 120 Å². The van der Waals surface area contributed by atoms with Gasteiger partial charge in [-0.25, -0.2) is 15.0 Å². The lowest BCUT2D eigenvalue weighted by Crippen LogP contribution is -2.09. The standard InChI is InChI=1S/C23H22N8/c1-26-13-20(30-25)18-9-10-19-23(28-18)31(16-8-7-14-4-2-5-15(14)12-16)22(29-19)17-6-3-11-27-21(17)24/h3,6-13H,2,4-5,25H2,1H3,(H2,24,27)/b26-13?,30-20+. The van der Waals surface area contributed by atoms with Crippen LogP contribution in [0.15, 0.2) is 58.8 Å². The summed E-state index contributed by atoms with van der Waals surface area (Å²) < 4.78 is 2.03. The molecule has 5 rings (SSSR count). The molecular formula is C23H22N8. The summed E-state index contributed by atoms with van der Waals surface area (Å²) in [5, 5.41) is 3.83. The predicted octanol–water partition coefficient (Wildman–Crippen LogP) is 2.92. The lowest BCUT2D eigenvalue weighted by atomic mass is 10.1. The third-order valence-electron chi connectivity index (χ3n) is 5.58. The average molecular weight is 410 g/mol. The number of hydrogen-bond donors (Lipinski definition) is 2. The van der Waals surface area contributed by atoms with E-state index in [2.05, 4.69) is 33.3 Å². The fourth-order valence-corrected chi connectivity index (χ4v) is 4.12. The fourth-order valence-electron chi connectivity index (χ4n) is 4.12. The number of fused-ring (bicyclic) bond motifs is 2. The van der Waals surface area contributed by atoms with Gasteiger partial charge in [0.05, 0.1) is 17.5 Å². The number of hydrazone groups is 1. The number of pyridine rings is 2. The first-order valence-electron chi connectivity index (χ1n) is 10.1. The minimum Gasteiger partial charge on any atom is -0.383 e. The number of nitrogens with two attached hydrogens (primary N) is 2. The highest BCUT2D eigenvalue weighted by Gasteiger charge is 2.20. The molecule has 0 bridgehead atoms. The van der Waals surface area contributed by atoms with E-state index in [9.17, 15) is 0 Å². The molecule has 1 aliphatic carbocycles. The van der Waals surface area contributed by atoms with Crippen LogP contribution in [0.2, 0.25) is 0 Å². The van der Waals surface area contributed by atoms with Crippen LogP contribution in [0.25, 0.3) is 28.2 Å². The Balaban J connectivity index is 1.80. The van der Waals surface area contributed by atoms with Gasteiger partial charge in [-0.05, 0) is 66.8 Å². The smallest absolute Gasteiger partial charge is 0.165 e. The van der Waals surface area contributed by atoms with Gasteiger partial charge in [-0.15, -0.1) is 0 Å². The van der Waals surface area contributed by atoms with E-state index in [-0.39, 0.29) is 0 Å². The third-order valence-corrected chi connectivity index (χ3v) is 5.58. The Bertz CT molecular complexity index is 1350. The van der Waals surface area contributed by atoms with Crippen LogP contribution in [-0.4, -0.2) is 38.5 Å². The van der Waals surface area contributed by atoms with Gasteiger partial charge in [-0.2, -0.15) is 5.10 Å². The Morgan fingerprint density at radius 3 is 2.77 bits per heavy atom. The molecule has 31 heavy (non-hydrogen) atoms. The second kappa shape index (κ2) is 7.64. The summed E-state index contributed by atoms with van der Waals surface area (Å²) in [4.78, 5) is 18.0. The van der Waals surface area contributed by atoms with Crippen molar-refractivity contribution >= 4 is 28.9 Å². The zero-order chi connectivity index (χ0) is 21.4. The Morgan fingerprint density at radius 1 is 1.10 bits per heavy atom. The van der Waals surface area contributed by atoms with E-state index in [0.717, 1.165) is 29.6 Å². The highest BCUT2D eigenvalue weighted by molar-refractivity contribution is 6.37. The van der Waals surface area contributed by atoms with E-state index < -0.39 is 0 Å². The second-order valence-corrected chi connectivity index (χ2v) is 7.45. The third kappa shape index (κ3) is 3.22. The van der Waals surface area contributed by atoms with Crippen LogP contribution >= 0.6 is 0 Å². The number of aryl methyl sites for hydroxylation is 2. The lowest BCUT2D eigenvalue weighted by molar-refractivity contribution is 0.911. The zero-order valence-corrected chi connectivity index (χ0v) is 17.2. The van der Waals surface area contributed by atoms with E-state index >= 15 is 0 Å². The molecule has 0 atom stereocenters. The summed E-state index contributed by atoms with van der Waals surface area (Å²) in [7, 11) is 1.67. The minimum atomic E-state index is 0.419. The van der Waals surface area contributed by atoms with Crippen LogP contribution in [0.1, 0.15) is 23.2 Å². The molecule has 3 aromatic heterocycles. The molecule has 1 aliphatic rings. The Morgan fingerprint density at radius 2 is 1.97 bits per heavy atom. The Labute approximate surface area is 179 Å². The van der Waals surface area contributed by atoms with Crippen molar-refractivity contribution in [3.63, 3.8) is 0 Å². The normalized spacial score (nSPS) is 13.9. The van der Waals surface area contributed by atoms with Crippen molar-refractivity contribution in [3.05, 3.63) is 65.5 Å². The van der Waals surface area contributed by atoms with Gasteiger partial charge in [0.15, 0.2) is 11.5 Å². The highest BCUT2D eigenvalue weighted by Crippen LogP contribution is 2.32. The second-order valence-electron chi connectivity index (χ2n) is 7.45. The van der Waals surface area contributed by atoms with Gasteiger partial charge in [-0.3, -0.25) is 9.56 Å². The molecule has 8 heteroatoms. The van der Waals surface area contributed by atoms with Crippen molar-refractivity contribution in [2.24, 2.45) is 15.9 Å². The number of anilines is 1. The zero-order valence-electron chi connectivity index (χ0n) is 17.2. The number of hydrogen-bond acceptors (Lipinski definition) is 7. The number of rotatable bonds is 4. The van der Waals surface area contributed by atoms with E-state index in [1.807, 2.05) is 28.8 Å². The molecule has 4 N–H and O–H groups in total. The summed E-state index contributed by atoms with van der Waals surface area (Å²) in [5.74, 6) is 6.68. The minimum absolute atomic E-state index is 0.419. The maximum atomic E-state index is 6.21. The van der Waals surface area contributed by atoms with Crippen LogP contribution in [0.4, 0.5) is 5.82 Å². The van der Waals surface area contributed by atoms with Crippen molar-refractivity contribution in [1.82, 2.24) is 19.5 Å². The Kier molecular flexibility index (Phi) is 4.66. The molecule has 3 heterocycles. The molecule has 0 amide bonds. The molecular weight excluding hydrogens is 388 g/mol. The molecule has 1 aromatic carbocycles. The molecule has 0 fully saturated rings. The summed E-state index contributed by atoms with van der Waals surface area (Å²) in [6.07, 6.45) is 6.64. The maximum Gasteiger partial charge on any atom is 0.165 e. The van der Waals surface area contributed by atoms with E-state index in [4.69, 9.17) is 21.5 Å². The van der Waals surface area contributed by atoms with Crippen LogP contribution < -0.4 is 11.6 Å². The van der Waals surface area contributed by atoms with Gasteiger partial charge in [0, 0.05) is 18.9 Å². The van der Waals surface area contributed by atoms with E-state index in [0.29, 0.717) is 28.7 Å². The SMILES string of the molecule is CN=C/C(=N\N)c1ccc2nc(-c3cccnc3N)n(-c3ccc4c(c3)CCC4)c2n1. The molecule has 154 valence electrons. The van der Waals surface area contributed by atoms with Gasteiger partial charge in [0.1, 0.15) is 17.0 Å².